The van der Waals surface area contributed by atoms with E-state index in [1.54, 1.807) is 4.90 Å². The highest BCUT2D eigenvalue weighted by molar-refractivity contribution is 5.94. The first-order valence-electron chi connectivity index (χ1n) is 9.36. The highest BCUT2D eigenvalue weighted by atomic mass is 19.1. The summed E-state index contributed by atoms with van der Waals surface area (Å²) in [6, 6.07) is 15.3. The number of halogens is 1. The highest BCUT2D eigenvalue weighted by Crippen LogP contribution is 2.26. The van der Waals surface area contributed by atoms with Gasteiger partial charge in [0.2, 0.25) is 0 Å². The molecule has 6 nitrogen and oxygen atoms in total. The van der Waals surface area contributed by atoms with E-state index in [4.69, 9.17) is 0 Å². The van der Waals surface area contributed by atoms with Crippen LogP contribution in [0.25, 0.3) is 0 Å². The van der Waals surface area contributed by atoms with Crippen molar-refractivity contribution in [2.45, 2.75) is 25.3 Å². The number of aromatic amines is 1. The molecule has 1 aliphatic rings. The Morgan fingerprint density at radius 1 is 1.07 bits per heavy atom. The van der Waals surface area contributed by atoms with Crippen LogP contribution in [0, 0.1) is 5.82 Å². The average molecular weight is 380 g/mol. The Morgan fingerprint density at radius 2 is 1.75 bits per heavy atom. The molecular formula is C21H21FN4O2. The second kappa shape index (κ2) is 7.80. The van der Waals surface area contributed by atoms with Crippen molar-refractivity contribution >= 4 is 5.91 Å². The first-order chi connectivity index (χ1) is 13.6. The monoisotopic (exact) mass is 380 g/mol. The van der Waals surface area contributed by atoms with Crippen LogP contribution >= 0.6 is 0 Å². The summed E-state index contributed by atoms with van der Waals surface area (Å²) < 4.78 is 14.5. The van der Waals surface area contributed by atoms with Gasteiger partial charge in [0.1, 0.15) is 11.6 Å². The number of rotatable bonds is 4. The highest BCUT2D eigenvalue weighted by Gasteiger charge is 2.27. The molecule has 4 rings (SSSR count). The molecule has 1 amide bonds. The van der Waals surface area contributed by atoms with Gasteiger partial charge in [-0.15, -0.1) is 0 Å². The number of nitrogens with zero attached hydrogens (tertiary/aromatic N) is 3. The van der Waals surface area contributed by atoms with Gasteiger partial charge in [0.05, 0.1) is 6.54 Å². The van der Waals surface area contributed by atoms with Crippen LogP contribution in [0.2, 0.25) is 0 Å². The van der Waals surface area contributed by atoms with E-state index in [0.29, 0.717) is 31.0 Å². The minimum absolute atomic E-state index is 0.0958. The number of piperidine rings is 1. The zero-order chi connectivity index (χ0) is 19.5. The summed E-state index contributed by atoms with van der Waals surface area (Å²) in [5.41, 5.74) is 1.28. The van der Waals surface area contributed by atoms with Gasteiger partial charge in [-0.05, 0) is 42.7 Å². The first-order valence-corrected chi connectivity index (χ1v) is 9.36. The van der Waals surface area contributed by atoms with Crippen LogP contribution in [0.1, 0.15) is 40.5 Å². The summed E-state index contributed by atoms with van der Waals surface area (Å²) >= 11 is 0. The van der Waals surface area contributed by atoms with Crippen molar-refractivity contribution in [1.29, 1.82) is 0 Å². The van der Waals surface area contributed by atoms with E-state index in [1.807, 2.05) is 30.3 Å². The maximum Gasteiger partial charge on any atom is 0.343 e. The molecule has 0 spiro atoms. The molecule has 1 N–H and O–H groups in total. The van der Waals surface area contributed by atoms with Gasteiger partial charge < -0.3 is 4.90 Å². The van der Waals surface area contributed by atoms with Gasteiger partial charge in [0, 0.05) is 24.6 Å². The number of likely N-dealkylation sites (tertiary alicyclic amines) is 1. The summed E-state index contributed by atoms with van der Waals surface area (Å²) in [5, 5.41) is 4.47. The molecule has 144 valence electrons. The average Bonchev–Trinajstić information content (AvgIpc) is 3.09. The number of carbonyl (C=O) groups is 1. The SMILES string of the molecule is O=C(c1ccc(F)cc1)N1CCC(c2nn(Cc3ccccc3)c(=O)[nH]2)CC1. The Kier molecular flexibility index (Phi) is 5.06. The largest absolute Gasteiger partial charge is 0.343 e. The lowest BCUT2D eigenvalue weighted by atomic mass is 9.95. The van der Waals surface area contributed by atoms with E-state index in [9.17, 15) is 14.0 Å². The molecular weight excluding hydrogens is 359 g/mol. The zero-order valence-corrected chi connectivity index (χ0v) is 15.3. The van der Waals surface area contributed by atoms with Crippen molar-refractivity contribution in [2.24, 2.45) is 0 Å². The standard InChI is InChI=1S/C21H21FN4O2/c22-18-8-6-17(7-9-18)20(27)25-12-10-16(11-13-25)19-23-21(28)26(24-19)14-15-4-2-1-3-5-15/h1-9,16H,10-14H2,(H,23,24,28). The minimum Gasteiger partial charge on any atom is -0.339 e. The lowest BCUT2D eigenvalue weighted by Gasteiger charge is -2.31. The predicted molar refractivity (Wildman–Crippen MR) is 103 cm³/mol. The molecule has 1 fully saturated rings. The summed E-state index contributed by atoms with van der Waals surface area (Å²) in [6.45, 7) is 1.58. The van der Waals surface area contributed by atoms with Gasteiger partial charge >= 0.3 is 5.69 Å². The van der Waals surface area contributed by atoms with E-state index < -0.39 is 0 Å². The number of nitrogens with one attached hydrogen (secondary N) is 1. The van der Waals surface area contributed by atoms with E-state index in [0.717, 1.165) is 18.4 Å². The summed E-state index contributed by atoms with van der Waals surface area (Å²) in [4.78, 5) is 29.4. The lowest BCUT2D eigenvalue weighted by molar-refractivity contribution is 0.0711. The van der Waals surface area contributed by atoms with Crippen molar-refractivity contribution < 1.29 is 9.18 Å². The quantitative estimate of drug-likeness (QED) is 0.757. The van der Waals surface area contributed by atoms with Crippen LogP contribution in [0.5, 0.6) is 0 Å². The summed E-state index contributed by atoms with van der Waals surface area (Å²) in [5.74, 6) is 0.337. The third-order valence-corrected chi connectivity index (χ3v) is 5.13. The van der Waals surface area contributed by atoms with Gasteiger partial charge in [0.25, 0.3) is 5.91 Å². The van der Waals surface area contributed by atoms with Crippen LogP contribution in [-0.2, 0) is 6.54 Å². The Balaban J connectivity index is 1.40. The van der Waals surface area contributed by atoms with Crippen molar-refractivity contribution in [3.63, 3.8) is 0 Å². The fourth-order valence-electron chi connectivity index (χ4n) is 3.55. The van der Waals surface area contributed by atoms with Gasteiger partial charge in [-0.25, -0.2) is 13.9 Å². The molecule has 1 saturated heterocycles. The number of hydrogen-bond acceptors (Lipinski definition) is 3. The van der Waals surface area contributed by atoms with Crippen LogP contribution in [-0.4, -0.2) is 38.7 Å². The number of H-pyrrole nitrogens is 1. The van der Waals surface area contributed by atoms with Crippen LogP contribution < -0.4 is 5.69 Å². The molecule has 0 aliphatic carbocycles. The fraction of sp³-hybridized carbons (Fsp3) is 0.286. The Morgan fingerprint density at radius 3 is 2.43 bits per heavy atom. The first kappa shape index (κ1) is 18.2. The molecule has 2 aromatic carbocycles. The van der Waals surface area contributed by atoms with Crippen LogP contribution in [0.15, 0.2) is 59.4 Å². The molecule has 0 bridgehead atoms. The zero-order valence-electron chi connectivity index (χ0n) is 15.3. The van der Waals surface area contributed by atoms with Crippen molar-refractivity contribution in [1.82, 2.24) is 19.7 Å². The number of carbonyl (C=O) groups excluding carboxylic acids is 1. The summed E-state index contributed by atoms with van der Waals surface area (Å²) in [7, 11) is 0. The summed E-state index contributed by atoms with van der Waals surface area (Å²) in [6.07, 6.45) is 1.45. The van der Waals surface area contributed by atoms with Gasteiger partial charge in [-0.3, -0.25) is 9.78 Å². The molecule has 1 aliphatic heterocycles. The topological polar surface area (TPSA) is 71.0 Å². The molecule has 2 heterocycles. The minimum atomic E-state index is -0.356. The number of aromatic nitrogens is 3. The third-order valence-electron chi connectivity index (χ3n) is 5.13. The maximum atomic E-state index is 13.0. The van der Waals surface area contributed by atoms with E-state index in [-0.39, 0.29) is 23.3 Å². The normalized spacial score (nSPS) is 15.0. The molecule has 28 heavy (non-hydrogen) atoms. The van der Waals surface area contributed by atoms with E-state index >= 15 is 0 Å². The smallest absolute Gasteiger partial charge is 0.339 e. The molecule has 0 unspecified atom stereocenters. The van der Waals surface area contributed by atoms with E-state index in [2.05, 4.69) is 10.1 Å². The molecule has 1 aromatic heterocycles. The lowest BCUT2D eigenvalue weighted by Crippen LogP contribution is -2.38. The van der Waals surface area contributed by atoms with Crippen LogP contribution in [0.3, 0.4) is 0 Å². The van der Waals surface area contributed by atoms with E-state index in [1.165, 1.54) is 28.9 Å². The van der Waals surface area contributed by atoms with Gasteiger partial charge in [-0.2, -0.15) is 5.10 Å². The molecule has 0 radical (unpaired) electrons. The number of hydrogen-bond donors (Lipinski definition) is 1. The Bertz CT molecular complexity index is 1000. The Labute approximate surface area is 161 Å². The van der Waals surface area contributed by atoms with Crippen molar-refractivity contribution in [3.05, 3.63) is 87.9 Å². The molecule has 7 heteroatoms. The molecule has 0 saturated carbocycles. The molecule has 3 aromatic rings. The van der Waals surface area contributed by atoms with Gasteiger partial charge in [0.15, 0.2) is 0 Å². The fourth-order valence-corrected chi connectivity index (χ4v) is 3.55. The Hall–Kier alpha value is -3.22. The van der Waals surface area contributed by atoms with Gasteiger partial charge in [-0.1, -0.05) is 30.3 Å². The van der Waals surface area contributed by atoms with Crippen molar-refractivity contribution in [3.8, 4) is 0 Å². The van der Waals surface area contributed by atoms with Crippen molar-refractivity contribution in [2.75, 3.05) is 13.1 Å². The second-order valence-corrected chi connectivity index (χ2v) is 7.03. The maximum absolute atomic E-state index is 13.0. The second-order valence-electron chi connectivity index (χ2n) is 7.03. The molecule has 0 atom stereocenters. The third kappa shape index (κ3) is 3.88. The number of benzene rings is 2. The number of amides is 1. The van der Waals surface area contributed by atoms with Crippen LogP contribution in [0.4, 0.5) is 4.39 Å². The predicted octanol–water partition coefficient (Wildman–Crippen LogP) is 2.78.